The van der Waals surface area contributed by atoms with Gasteiger partial charge in [0.25, 0.3) is 0 Å². The van der Waals surface area contributed by atoms with Gasteiger partial charge in [0.1, 0.15) is 5.01 Å². The van der Waals surface area contributed by atoms with Crippen molar-refractivity contribution in [1.29, 1.82) is 0 Å². The minimum absolute atomic E-state index is 0.112. The molecule has 2 atom stereocenters. The Bertz CT molecular complexity index is 528. The quantitative estimate of drug-likeness (QED) is 0.822. The van der Waals surface area contributed by atoms with Gasteiger partial charge < -0.3 is 10.4 Å². The third-order valence-corrected chi connectivity index (χ3v) is 4.12. The van der Waals surface area contributed by atoms with E-state index in [1.54, 1.807) is 17.5 Å². The van der Waals surface area contributed by atoms with E-state index in [1.165, 1.54) is 0 Å². The number of nitrogens with one attached hydrogen (secondary N) is 1. The Morgan fingerprint density at radius 3 is 2.70 bits per heavy atom. The van der Waals surface area contributed by atoms with Gasteiger partial charge in [0.05, 0.1) is 12.0 Å². The van der Waals surface area contributed by atoms with Crippen LogP contribution in [-0.4, -0.2) is 22.6 Å². The molecule has 2 unspecified atom stereocenters. The second-order valence-corrected chi connectivity index (χ2v) is 5.47. The fraction of sp³-hybridized carbons (Fsp3) is 0.333. The number of carboxylic acids is 1. The first-order valence-electron chi connectivity index (χ1n) is 6.63. The van der Waals surface area contributed by atoms with Crippen molar-refractivity contribution >= 4 is 17.3 Å². The minimum Gasteiger partial charge on any atom is -0.481 e. The highest BCUT2D eigenvalue weighted by atomic mass is 32.1. The van der Waals surface area contributed by atoms with Gasteiger partial charge in [-0.3, -0.25) is 4.79 Å². The molecule has 0 fully saturated rings. The third kappa shape index (κ3) is 3.65. The van der Waals surface area contributed by atoms with Crippen LogP contribution < -0.4 is 5.32 Å². The van der Waals surface area contributed by atoms with E-state index in [0.29, 0.717) is 6.54 Å². The number of benzene rings is 1. The molecule has 4 nitrogen and oxygen atoms in total. The van der Waals surface area contributed by atoms with Gasteiger partial charge in [-0.1, -0.05) is 37.3 Å². The van der Waals surface area contributed by atoms with E-state index in [4.69, 9.17) is 0 Å². The van der Waals surface area contributed by atoms with Gasteiger partial charge in [0, 0.05) is 18.1 Å². The Kier molecular flexibility index (Phi) is 5.26. The maximum atomic E-state index is 11.4. The minimum atomic E-state index is -0.808. The molecule has 2 rings (SSSR count). The van der Waals surface area contributed by atoms with Crippen molar-refractivity contribution in [1.82, 2.24) is 10.3 Å². The SMILES string of the molecule is CCC(NCC(C(=O)O)c1ccccc1)c1nccs1. The summed E-state index contributed by atoms with van der Waals surface area (Å²) in [6.07, 6.45) is 2.66. The highest BCUT2D eigenvalue weighted by Crippen LogP contribution is 2.21. The lowest BCUT2D eigenvalue weighted by atomic mass is 9.99. The predicted molar refractivity (Wildman–Crippen MR) is 80.0 cm³/mol. The average molecular weight is 290 g/mol. The van der Waals surface area contributed by atoms with E-state index in [2.05, 4.69) is 17.2 Å². The summed E-state index contributed by atoms with van der Waals surface area (Å²) in [5.74, 6) is -1.34. The molecule has 2 N–H and O–H groups in total. The Balaban J connectivity index is 2.04. The molecule has 106 valence electrons. The fourth-order valence-corrected chi connectivity index (χ4v) is 2.90. The third-order valence-electron chi connectivity index (χ3n) is 3.23. The first kappa shape index (κ1) is 14.7. The lowest BCUT2D eigenvalue weighted by Crippen LogP contribution is -2.29. The van der Waals surface area contributed by atoms with Crippen molar-refractivity contribution in [2.75, 3.05) is 6.54 Å². The fourth-order valence-electron chi connectivity index (χ4n) is 2.11. The number of hydrogen-bond acceptors (Lipinski definition) is 4. The molecule has 1 aromatic carbocycles. The average Bonchev–Trinajstić information content (AvgIpc) is 2.98. The summed E-state index contributed by atoms with van der Waals surface area (Å²) in [6, 6.07) is 9.43. The second-order valence-electron chi connectivity index (χ2n) is 4.54. The molecule has 1 heterocycles. The van der Waals surface area contributed by atoms with E-state index in [9.17, 15) is 9.90 Å². The van der Waals surface area contributed by atoms with E-state index >= 15 is 0 Å². The first-order chi connectivity index (χ1) is 9.72. The van der Waals surface area contributed by atoms with Crippen LogP contribution in [0.1, 0.15) is 35.9 Å². The molecule has 20 heavy (non-hydrogen) atoms. The van der Waals surface area contributed by atoms with Crippen molar-refractivity contribution in [3.8, 4) is 0 Å². The molecule has 0 saturated carbocycles. The predicted octanol–water partition coefficient (Wildman–Crippen LogP) is 3.05. The van der Waals surface area contributed by atoms with Crippen LogP contribution in [-0.2, 0) is 4.79 Å². The van der Waals surface area contributed by atoms with Crippen molar-refractivity contribution < 1.29 is 9.90 Å². The summed E-state index contributed by atoms with van der Waals surface area (Å²) in [7, 11) is 0. The number of rotatable bonds is 7. The maximum absolute atomic E-state index is 11.4. The molecule has 0 radical (unpaired) electrons. The molecular weight excluding hydrogens is 272 g/mol. The standard InChI is InChI=1S/C15H18N2O2S/c1-2-13(14-16-8-9-20-14)17-10-12(15(18)19)11-6-4-3-5-7-11/h3-9,12-13,17H,2,10H2,1H3,(H,18,19). The van der Waals surface area contributed by atoms with E-state index in [1.807, 2.05) is 35.7 Å². The van der Waals surface area contributed by atoms with Crippen LogP contribution in [0.4, 0.5) is 0 Å². The lowest BCUT2D eigenvalue weighted by Gasteiger charge is -2.18. The van der Waals surface area contributed by atoms with Crippen molar-refractivity contribution in [3.05, 3.63) is 52.5 Å². The number of aromatic nitrogens is 1. The van der Waals surface area contributed by atoms with Gasteiger partial charge in [-0.15, -0.1) is 11.3 Å². The molecule has 1 aromatic heterocycles. The van der Waals surface area contributed by atoms with Crippen LogP contribution in [0.3, 0.4) is 0 Å². The zero-order chi connectivity index (χ0) is 14.4. The molecule has 0 saturated heterocycles. The van der Waals surface area contributed by atoms with Crippen LogP contribution in [0.15, 0.2) is 41.9 Å². The van der Waals surface area contributed by atoms with Gasteiger partial charge in [-0.25, -0.2) is 4.98 Å². The molecule has 0 spiro atoms. The van der Waals surface area contributed by atoms with Crippen LogP contribution in [0.5, 0.6) is 0 Å². The summed E-state index contributed by atoms with van der Waals surface area (Å²) in [6.45, 7) is 2.47. The summed E-state index contributed by atoms with van der Waals surface area (Å²) >= 11 is 1.59. The van der Waals surface area contributed by atoms with Crippen LogP contribution in [0.2, 0.25) is 0 Å². The highest BCUT2D eigenvalue weighted by Gasteiger charge is 2.21. The molecule has 0 aliphatic rings. The number of nitrogens with zero attached hydrogens (tertiary/aromatic N) is 1. The maximum Gasteiger partial charge on any atom is 0.312 e. The highest BCUT2D eigenvalue weighted by molar-refractivity contribution is 7.09. The zero-order valence-electron chi connectivity index (χ0n) is 11.3. The molecular formula is C15H18N2O2S. The number of hydrogen-bond donors (Lipinski definition) is 2. The van der Waals surface area contributed by atoms with Crippen molar-refractivity contribution in [2.24, 2.45) is 0 Å². The molecule has 2 aromatic rings. The van der Waals surface area contributed by atoms with Crippen molar-refractivity contribution in [2.45, 2.75) is 25.3 Å². The molecule has 0 aliphatic carbocycles. The van der Waals surface area contributed by atoms with Gasteiger partial charge in [0.15, 0.2) is 0 Å². The van der Waals surface area contributed by atoms with Crippen LogP contribution >= 0.6 is 11.3 Å². The van der Waals surface area contributed by atoms with E-state index in [-0.39, 0.29) is 6.04 Å². The van der Waals surface area contributed by atoms with Crippen molar-refractivity contribution in [3.63, 3.8) is 0 Å². The first-order valence-corrected chi connectivity index (χ1v) is 7.50. The summed E-state index contributed by atoms with van der Waals surface area (Å²) in [5, 5.41) is 15.6. The molecule has 5 heteroatoms. The number of carbonyl (C=O) groups is 1. The topological polar surface area (TPSA) is 62.2 Å². The monoisotopic (exact) mass is 290 g/mol. The molecule has 0 amide bonds. The van der Waals surface area contributed by atoms with E-state index in [0.717, 1.165) is 17.0 Å². The summed E-state index contributed by atoms with van der Waals surface area (Å²) in [5.41, 5.74) is 0.821. The summed E-state index contributed by atoms with van der Waals surface area (Å²) < 4.78 is 0. The summed E-state index contributed by atoms with van der Waals surface area (Å²) in [4.78, 5) is 15.7. The van der Waals surface area contributed by atoms with Gasteiger partial charge in [0.2, 0.25) is 0 Å². The zero-order valence-corrected chi connectivity index (χ0v) is 12.1. The van der Waals surface area contributed by atoms with Gasteiger partial charge in [-0.05, 0) is 12.0 Å². The molecule has 0 aliphatic heterocycles. The Hall–Kier alpha value is -1.72. The van der Waals surface area contributed by atoms with Gasteiger partial charge in [-0.2, -0.15) is 0 Å². The van der Waals surface area contributed by atoms with Crippen LogP contribution in [0, 0.1) is 0 Å². The Morgan fingerprint density at radius 1 is 1.40 bits per heavy atom. The smallest absolute Gasteiger partial charge is 0.312 e. The number of carboxylic acid groups (broad SMARTS) is 1. The lowest BCUT2D eigenvalue weighted by molar-refractivity contribution is -0.138. The largest absolute Gasteiger partial charge is 0.481 e. The Morgan fingerprint density at radius 2 is 2.15 bits per heavy atom. The number of thiazole rings is 1. The van der Waals surface area contributed by atoms with E-state index < -0.39 is 11.9 Å². The number of aliphatic carboxylic acids is 1. The Labute approximate surface area is 122 Å². The normalized spacial score (nSPS) is 13.8. The van der Waals surface area contributed by atoms with Gasteiger partial charge >= 0.3 is 5.97 Å². The second kappa shape index (κ2) is 7.17. The van der Waals surface area contributed by atoms with Crippen LogP contribution in [0.25, 0.3) is 0 Å². The molecule has 0 bridgehead atoms.